The van der Waals surface area contributed by atoms with E-state index in [4.69, 9.17) is 9.47 Å². The quantitative estimate of drug-likeness (QED) is 0.890. The number of nitrogens with one attached hydrogen (secondary N) is 1. The van der Waals surface area contributed by atoms with Gasteiger partial charge in [0.1, 0.15) is 6.10 Å². The molecule has 1 N–H and O–H groups in total. The largest absolute Gasteiger partial charge is 0.376 e. The Morgan fingerprint density at radius 3 is 3.19 bits per heavy atom. The van der Waals surface area contributed by atoms with Crippen LogP contribution in [-0.2, 0) is 33.8 Å². The highest BCUT2D eigenvalue weighted by Crippen LogP contribution is 2.22. The Morgan fingerprint density at radius 2 is 2.33 bits per heavy atom. The summed E-state index contributed by atoms with van der Waals surface area (Å²) in [6, 6.07) is 6.43. The van der Waals surface area contributed by atoms with Crippen molar-refractivity contribution in [2.75, 3.05) is 33.4 Å². The van der Waals surface area contributed by atoms with Crippen molar-refractivity contribution >= 4 is 5.91 Å². The molecule has 1 amide bonds. The molecule has 1 aromatic rings. The minimum absolute atomic E-state index is 0.0387. The lowest BCUT2D eigenvalue weighted by Crippen LogP contribution is -2.48. The van der Waals surface area contributed by atoms with Gasteiger partial charge < -0.3 is 14.8 Å². The number of carbonyl (C=O) groups is 1. The zero-order chi connectivity index (χ0) is 14.7. The van der Waals surface area contributed by atoms with Gasteiger partial charge >= 0.3 is 0 Å². The maximum atomic E-state index is 11.7. The predicted molar refractivity (Wildman–Crippen MR) is 78.9 cm³/mol. The van der Waals surface area contributed by atoms with Gasteiger partial charge in [0.25, 0.3) is 0 Å². The number of benzene rings is 1. The van der Waals surface area contributed by atoms with E-state index in [0.29, 0.717) is 19.8 Å². The lowest BCUT2D eigenvalue weighted by atomic mass is 9.96. The van der Waals surface area contributed by atoms with Crippen LogP contribution >= 0.6 is 0 Å². The van der Waals surface area contributed by atoms with E-state index in [1.807, 2.05) is 0 Å². The average Bonchev–Trinajstić information content (AvgIpc) is 2.55. The third-order valence-corrected chi connectivity index (χ3v) is 4.21. The van der Waals surface area contributed by atoms with E-state index in [0.717, 1.165) is 26.1 Å². The van der Waals surface area contributed by atoms with Crippen molar-refractivity contribution in [2.24, 2.45) is 0 Å². The summed E-state index contributed by atoms with van der Waals surface area (Å²) in [7, 11) is 1.65. The van der Waals surface area contributed by atoms with Crippen molar-refractivity contribution in [1.29, 1.82) is 0 Å². The molecule has 2 heterocycles. The Kier molecular flexibility index (Phi) is 4.53. The highest BCUT2D eigenvalue weighted by atomic mass is 16.5. The van der Waals surface area contributed by atoms with E-state index < -0.39 is 0 Å². The molecule has 0 aromatic heterocycles. The first-order valence-corrected chi connectivity index (χ1v) is 7.51. The molecule has 1 atom stereocenters. The molecular weight excluding hydrogens is 268 g/mol. The summed E-state index contributed by atoms with van der Waals surface area (Å²) in [5.74, 6) is -0.0387. The molecule has 5 heteroatoms. The molecule has 0 saturated carbocycles. The van der Waals surface area contributed by atoms with Gasteiger partial charge in [0.2, 0.25) is 5.91 Å². The number of fused-ring (bicyclic) bond motifs is 1. The number of carbonyl (C=O) groups excluding carboxylic acids is 1. The Morgan fingerprint density at radius 1 is 1.43 bits per heavy atom. The molecule has 1 unspecified atom stereocenters. The van der Waals surface area contributed by atoms with Crippen LogP contribution in [-0.4, -0.2) is 50.3 Å². The van der Waals surface area contributed by atoms with E-state index >= 15 is 0 Å². The minimum Gasteiger partial charge on any atom is -0.376 e. The van der Waals surface area contributed by atoms with Crippen molar-refractivity contribution in [2.45, 2.75) is 25.7 Å². The Bertz CT molecular complexity index is 518. The SMILES string of the molecule is CNC(=O)C1CN(Cc2cccc3c2CCOC3)CCO1. The second-order valence-corrected chi connectivity index (χ2v) is 5.57. The molecule has 114 valence electrons. The van der Waals surface area contributed by atoms with Crippen LogP contribution in [0, 0.1) is 0 Å². The summed E-state index contributed by atoms with van der Waals surface area (Å²) in [6.07, 6.45) is 0.626. The first kappa shape index (κ1) is 14.5. The van der Waals surface area contributed by atoms with Gasteiger partial charge in [-0.25, -0.2) is 0 Å². The van der Waals surface area contributed by atoms with E-state index in [2.05, 4.69) is 28.4 Å². The maximum absolute atomic E-state index is 11.7. The van der Waals surface area contributed by atoms with Crippen molar-refractivity contribution in [3.63, 3.8) is 0 Å². The van der Waals surface area contributed by atoms with Crippen LogP contribution in [0.3, 0.4) is 0 Å². The van der Waals surface area contributed by atoms with E-state index in [9.17, 15) is 4.79 Å². The predicted octanol–water partition coefficient (Wildman–Crippen LogP) is 0.706. The van der Waals surface area contributed by atoms with Gasteiger partial charge in [-0.15, -0.1) is 0 Å². The standard InChI is InChI=1S/C16H22N2O3/c1-17-16(19)15-10-18(6-8-21-15)9-12-3-2-4-13-11-20-7-5-14(12)13/h2-4,15H,5-11H2,1H3,(H,17,19). The van der Waals surface area contributed by atoms with Crippen molar-refractivity contribution in [3.05, 3.63) is 34.9 Å². The first-order valence-electron chi connectivity index (χ1n) is 7.51. The fraction of sp³-hybridized carbons (Fsp3) is 0.562. The smallest absolute Gasteiger partial charge is 0.250 e. The zero-order valence-electron chi connectivity index (χ0n) is 12.4. The number of hydrogen-bond acceptors (Lipinski definition) is 4. The first-order chi connectivity index (χ1) is 10.3. The summed E-state index contributed by atoms with van der Waals surface area (Å²) in [6.45, 7) is 4.52. The number of likely N-dealkylation sites (N-methyl/N-ethyl adjacent to an activating group) is 1. The number of morpholine rings is 1. The molecule has 0 radical (unpaired) electrons. The van der Waals surface area contributed by atoms with E-state index in [1.54, 1.807) is 7.05 Å². The topological polar surface area (TPSA) is 50.8 Å². The number of rotatable bonds is 3. The molecule has 5 nitrogen and oxygen atoms in total. The minimum atomic E-state index is -0.355. The van der Waals surface area contributed by atoms with E-state index in [1.165, 1.54) is 16.7 Å². The molecule has 0 aliphatic carbocycles. The van der Waals surface area contributed by atoms with Crippen LogP contribution in [0.2, 0.25) is 0 Å². The highest BCUT2D eigenvalue weighted by Gasteiger charge is 2.26. The van der Waals surface area contributed by atoms with Crippen LogP contribution in [0.25, 0.3) is 0 Å². The fourth-order valence-corrected chi connectivity index (χ4v) is 3.06. The molecule has 1 fully saturated rings. The van der Waals surface area contributed by atoms with Crippen LogP contribution < -0.4 is 5.32 Å². The number of amides is 1. The van der Waals surface area contributed by atoms with Crippen LogP contribution in [0.4, 0.5) is 0 Å². The van der Waals surface area contributed by atoms with Crippen LogP contribution in [0.1, 0.15) is 16.7 Å². The lowest BCUT2D eigenvalue weighted by molar-refractivity contribution is -0.138. The third kappa shape index (κ3) is 3.26. The second kappa shape index (κ2) is 6.56. The fourth-order valence-electron chi connectivity index (χ4n) is 3.06. The van der Waals surface area contributed by atoms with Crippen molar-refractivity contribution < 1.29 is 14.3 Å². The summed E-state index contributed by atoms with van der Waals surface area (Å²) < 4.78 is 11.1. The molecule has 21 heavy (non-hydrogen) atoms. The Labute approximate surface area is 125 Å². The number of ether oxygens (including phenoxy) is 2. The van der Waals surface area contributed by atoms with Crippen molar-refractivity contribution in [1.82, 2.24) is 10.2 Å². The average molecular weight is 290 g/mol. The van der Waals surface area contributed by atoms with Gasteiger partial charge in [0, 0.05) is 26.7 Å². The van der Waals surface area contributed by atoms with Gasteiger partial charge in [-0.05, 0) is 23.1 Å². The van der Waals surface area contributed by atoms with Crippen molar-refractivity contribution in [3.8, 4) is 0 Å². The molecule has 1 aromatic carbocycles. The second-order valence-electron chi connectivity index (χ2n) is 5.57. The summed E-state index contributed by atoms with van der Waals surface area (Å²) in [5.41, 5.74) is 4.08. The van der Waals surface area contributed by atoms with Gasteiger partial charge in [-0.3, -0.25) is 9.69 Å². The normalized spacial score (nSPS) is 22.6. The summed E-state index contributed by atoms with van der Waals surface area (Å²) in [4.78, 5) is 14.0. The van der Waals surface area contributed by atoms with Crippen LogP contribution in [0.5, 0.6) is 0 Å². The molecule has 2 aliphatic heterocycles. The van der Waals surface area contributed by atoms with Crippen LogP contribution in [0.15, 0.2) is 18.2 Å². The number of nitrogens with zero attached hydrogens (tertiary/aromatic N) is 1. The molecule has 3 rings (SSSR count). The summed E-state index contributed by atoms with van der Waals surface area (Å²) >= 11 is 0. The monoisotopic (exact) mass is 290 g/mol. The van der Waals surface area contributed by atoms with E-state index in [-0.39, 0.29) is 12.0 Å². The van der Waals surface area contributed by atoms with Gasteiger partial charge in [-0.2, -0.15) is 0 Å². The van der Waals surface area contributed by atoms with Gasteiger partial charge in [-0.1, -0.05) is 18.2 Å². The highest BCUT2D eigenvalue weighted by molar-refractivity contribution is 5.80. The molecule has 0 bridgehead atoms. The summed E-state index contributed by atoms with van der Waals surface area (Å²) in [5, 5.41) is 2.66. The maximum Gasteiger partial charge on any atom is 0.250 e. The molecule has 0 spiro atoms. The zero-order valence-corrected chi connectivity index (χ0v) is 12.4. The van der Waals surface area contributed by atoms with Gasteiger partial charge in [0.15, 0.2) is 0 Å². The molecule has 2 aliphatic rings. The Balaban J connectivity index is 1.70. The Hall–Kier alpha value is -1.43. The van der Waals surface area contributed by atoms with Gasteiger partial charge in [0.05, 0.1) is 19.8 Å². The third-order valence-electron chi connectivity index (χ3n) is 4.21. The lowest BCUT2D eigenvalue weighted by Gasteiger charge is -2.33. The number of hydrogen-bond donors (Lipinski definition) is 1. The molecular formula is C16H22N2O3. The molecule has 1 saturated heterocycles.